The fraction of sp³-hybridized carbons (Fsp3) is 0.0312. The van der Waals surface area contributed by atoms with Gasteiger partial charge in [-0.3, -0.25) is 9.10 Å². The molecule has 6 nitrogen and oxygen atoms in total. The van der Waals surface area contributed by atoms with Crippen LogP contribution in [0.25, 0.3) is 0 Å². The molecule has 5 aromatic carbocycles. The molecule has 0 atom stereocenters. The van der Waals surface area contributed by atoms with Crippen LogP contribution < -0.4 is 14.4 Å². The summed E-state index contributed by atoms with van der Waals surface area (Å²) in [7, 11) is -3.81. The number of carbonyl (C=O) groups excluding carboxylic acids is 1. The summed E-state index contributed by atoms with van der Waals surface area (Å²) in [6.45, 7) is 0.108. The third-order valence-corrected chi connectivity index (χ3v) is 7.81. The molecule has 0 heterocycles. The summed E-state index contributed by atoms with van der Waals surface area (Å²) < 4.78 is 34.4. The van der Waals surface area contributed by atoms with Crippen LogP contribution in [0.15, 0.2) is 144 Å². The minimum Gasteiger partial charge on any atom is -0.455 e. The van der Waals surface area contributed by atoms with Gasteiger partial charge >= 0.3 is 0 Å². The van der Waals surface area contributed by atoms with Gasteiger partial charge in [0, 0.05) is 5.56 Å². The number of amides is 1. The van der Waals surface area contributed by atoms with Crippen molar-refractivity contribution in [2.75, 3.05) is 9.62 Å². The van der Waals surface area contributed by atoms with E-state index in [9.17, 15) is 13.2 Å². The molecule has 0 aliphatic heterocycles. The summed E-state index contributed by atoms with van der Waals surface area (Å²) in [6, 6.07) is 40.8. The highest BCUT2D eigenvalue weighted by molar-refractivity contribution is 7.92. The molecule has 1 N–H and O–H groups in total. The van der Waals surface area contributed by atoms with Crippen molar-refractivity contribution in [2.24, 2.45) is 0 Å². The number of sulfonamides is 1. The maximum absolute atomic E-state index is 13.5. The van der Waals surface area contributed by atoms with Gasteiger partial charge in [-0.1, -0.05) is 78.9 Å². The molecular weight excluding hydrogens is 508 g/mol. The lowest BCUT2D eigenvalue weighted by Crippen LogP contribution is -2.30. The lowest BCUT2D eigenvalue weighted by molar-refractivity contribution is 0.102. The fourth-order valence-electron chi connectivity index (χ4n) is 4.03. The van der Waals surface area contributed by atoms with Crippen molar-refractivity contribution in [1.29, 1.82) is 0 Å². The number of carbonyl (C=O) groups is 1. The highest BCUT2D eigenvalue weighted by Gasteiger charge is 2.25. The first-order valence-electron chi connectivity index (χ1n) is 12.4. The minimum atomic E-state index is -3.81. The summed E-state index contributed by atoms with van der Waals surface area (Å²) in [5.74, 6) is 0.887. The monoisotopic (exact) mass is 534 g/mol. The van der Waals surface area contributed by atoms with E-state index in [4.69, 9.17) is 4.74 Å². The Bertz CT molecular complexity index is 1640. The van der Waals surface area contributed by atoms with Gasteiger partial charge in [-0.15, -0.1) is 0 Å². The molecule has 1 amide bonds. The molecule has 39 heavy (non-hydrogen) atoms. The van der Waals surface area contributed by atoms with Crippen molar-refractivity contribution in [2.45, 2.75) is 11.4 Å². The van der Waals surface area contributed by atoms with Gasteiger partial charge in [0.15, 0.2) is 5.75 Å². The van der Waals surface area contributed by atoms with Gasteiger partial charge in [0.2, 0.25) is 0 Å². The number of hydrogen-bond donors (Lipinski definition) is 1. The number of anilines is 2. The fourth-order valence-corrected chi connectivity index (χ4v) is 5.50. The van der Waals surface area contributed by atoms with Crippen LogP contribution in [-0.2, 0) is 16.6 Å². The molecule has 7 heteroatoms. The molecular formula is C32H26N2O4S. The van der Waals surface area contributed by atoms with E-state index in [-0.39, 0.29) is 17.3 Å². The third kappa shape index (κ3) is 6.17. The largest absolute Gasteiger partial charge is 0.455 e. The lowest BCUT2D eigenvalue weighted by atomic mass is 10.1. The number of para-hydroxylation sites is 4. The van der Waals surface area contributed by atoms with Crippen LogP contribution in [0.4, 0.5) is 11.4 Å². The second-order valence-electron chi connectivity index (χ2n) is 8.72. The van der Waals surface area contributed by atoms with E-state index >= 15 is 0 Å². The Morgan fingerprint density at radius 1 is 0.667 bits per heavy atom. The van der Waals surface area contributed by atoms with E-state index in [1.54, 1.807) is 91.0 Å². The molecule has 0 fully saturated rings. The summed E-state index contributed by atoms with van der Waals surface area (Å²) >= 11 is 0. The SMILES string of the molecule is O=C(Nc1ccccc1Oc1ccccc1)c1ccc(CN(c2ccccc2)S(=O)(=O)c2ccccc2)cc1. The molecule has 0 unspecified atom stereocenters. The van der Waals surface area contributed by atoms with Crippen LogP contribution in [0.5, 0.6) is 11.5 Å². The van der Waals surface area contributed by atoms with Crippen molar-refractivity contribution >= 4 is 27.3 Å². The molecule has 194 valence electrons. The van der Waals surface area contributed by atoms with E-state index < -0.39 is 10.0 Å². The van der Waals surface area contributed by atoms with Crippen molar-refractivity contribution < 1.29 is 17.9 Å². The average Bonchev–Trinajstić information content (AvgIpc) is 2.98. The number of hydrogen-bond acceptors (Lipinski definition) is 4. The summed E-state index contributed by atoms with van der Waals surface area (Å²) in [5.41, 5.74) is 2.27. The van der Waals surface area contributed by atoms with E-state index in [0.717, 1.165) is 5.56 Å². The zero-order chi connectivity index (χ0) is 27.1. The van der Waals surface area contributed by atoms with Crippen LogP contribution in [-0.4, -0.2) is 14.3 Å². The second kappa shape index (κ2) is 11.7. The Morgan fingerprint density at radius 3 is 1.90 bits per heavy atom. The molecule has 0 aliphatic carbocycles. The molecule has 0 radical (unpaired) electrons. The van der Waals surface area contributed by atoms with Crippen molar-refractivity contribution in [3.8, 4) is 11.5 Å². The van der Waals surface area contributed by atoms with Gasteiger partial charge in [-0.2, -0.15) is 0 Å². The molecule has 5 aromatic rings. The molecule has 5 rings (SSSR count). The normalized spacial score (nSPS) is 11.0. The number of benzene rings is 5. The van der Waals surface area contributed by atoms with E-state index in [1.165, 1.54) is 4.31 Å². The molecule has 0 aliphatic rings. The van der Waals surface area contributed by atoms with Gasteiger partial charge < -0.3 is 10.1 Å². The molecule has 0 bridgehead atoms. The number of nitrogens with one attached hydrogen (secondary N) is 1. The number of ether oxygens (including phenoxy) is 1. The van der Waals surface area contributed by atoms with E-state index in [2.05, 4.69) is 5.32 Å². The average molecular weight is 535 g/mol. The van der Waals surface area contributed by atoms with Crippen molar-refractivity contribution in [3.05, 3.63) is 151 Å². The zero-order valence-electron chi connectivity index (χ0n) is 21.0. The topological polar surface area (TPSA) is 75.7 Å². The van der Waals surface area contributed by atoms with Gasteiger partial charge in [0.05, 0.1) is 22.8 Å². The van der Waals surface area contributed by atoms with Gasteiger partial charge in [0.25, 0.3) is 15.9 Å². The summed E-state index contributed by atoms with van der Waals surface area (Å²) in [5, 5.41) is 2.91. The standard InChI is InChI=1S/C32H26N2O4S/c35-32(33-30-18-10-11-19-31(30)38-28-14-6-2-7-15-28)26-22-20-25(21-23-26)24-34(27-12-4-1-5-13-27)39(36,37)29-16-8-3-9-17-29/h1-23H,24H2,(H,33,35). The van der Waals surface area contributed by atoms with Crippen molar-refractivity contribution in [1.82, 2.24) is 0 Å². The predicted molar refractivity (Wildman–Crippen MR) is 154 cm³/mol. The first kappa shape index (κ1) is 25.8. The molecule has 0 aromatic heterocycles. The number of rotatable bonds is 9. The summed E-state index contributed by atoms with van der Waals surface area (Å²) in [6.07, 6.45) is 0. The quantitative estimate of drug-likeness (QED) is 0.218. The zero-order valence-corrected chi connectivity index (χ0v) is 21.8. The van der Waals surface area contributed by atoms with Crippen LogP contribution in [0.3, 0.4) is 0 Å². The second-order valence-corrected chi connectivity index (χ2v) is 10.6. The summed E-state index contributed by atoms with van der Waals surface area (Å²) in [4.78, 5) is 13.3. The van der Waals surface area contributed by atoms with Crippen LogP contribution in [0.1, 0.15) is 15.9 Å². The highest BCUT2D eigenvalue weighted by atomic mass is 32.2. The van der Waals surface area contributed by atoms with E-state index in [0.29, 0.717) is 28.4 Å². The van der Waals surface area contributed by atoms with Crippen LogP contribution in [0, 0.1) is 0 Å². The van der Waals surface area contributed by atoms with E-state index in [1.807, 2.05) is 48.5 Å². The highest BCUT2D eigenvalue weighted by Crippen LogP contribution is 2.30. The minimum absolute atomic E-state index is 0.108. The Hall–Kier alpha value is -4.88. The van der Waals surface area contributed by atoms with Crippen LogP contribution >= 0.6 is 0 Å². The molecule has 0 spiro atoms. The Morgan fingerprint density at radius 2 is 1.23 bits per heavy atom. The smallest absolute Gasteiger partial charge is 0.264 e. The molecule has 0 saturated carbocycles. The number of nitrogens with zero attached hydrogens (tertiary/aromatic N) is 1. The van der Waals surface area contributed by atoms with Gasteiger partial charge in [0.1, 0.15) is 5.75 Å². The maximum Gasteiger partial charge on any atom is 0.264 e. The van der Waals surface area contributed by atoms with Crippen molar-refractivity contribution in [3.63, 3.8) is 0 Å². The Balaban J connectivity index is 1.34. The van der Waals surface area contributed by atoms with Crippen LogP contribution in [0.2, 0.25) is 0 Å². The van der Waals surface area contributed by atoms with Gasteiger partial charge in [-0.05, 0) is 66.2 Å². The van der Waals surface area contributed by atoms with Gasteiger partial charge in [-0.25, -0.2) is 8.42 Å². The molecule has 0 saturated heterocycles. The first-order valence-corrected chi connectivity index (χ1v) is 13.8. The first-order chi connectivity index (χ1) is 19.0. The maximum atomic E-state index is 13.5. The Labute approximate surface area is 228 Å². The predicted octanol–water partition coefficient (Wildman–Crippen LogP) is 7.13. The third-order valence-electron chi connectivity index (χ3n) is 6.02. The Kier molecular flexibility index (Phi) is 7.70. The lowest BCUT2D eigenvalue weighted by Gasteiger charge is -2.25.